The summed E-state index contributed by atoms with van der Waals surface area (Å²) in [5.74, 6) is 1.06. The van der Waals surface area contributed by atoms with E-state index >= 15 is 0 Å². The van der Waals surface area contributed by atoms with Crippen molar-refractivity contribution in [1.82, 2.24) is 5.32 Å². The topological polar surface area (TPSA) is 24.4 Å². The van der Waals surface area contributed by atoms with Crippen LogP contribution in [0.5, 0.6) is 0 Å². The van der Waals surface area contributed by atoms with E-state index in [1.54, 1.807) is 0 Å². The normalized spacial score (nSPS) is 14.4. The number of likely N-dealkylation sites (N-methyl/N-ethyl adjacent to an activating group) is 1. The molecule has 0 atom stereocenters. The molecule has 1 N–H and O–H groups in total. The van der Waals surface area contributed by atoms with Crippen molar-refractivity contribution in [3.05, 3.63) is 37.0 Å². The van der Waals surface area contributed by atoms with Crippen LogP contribution < -0.4 is 5.32 Å². The van der Waals surface area contributed by atoms with Crippen LogP contribution in [0.25, 0.3) is 0 Å². The molecule has 0 fully saturated rings. The molecular formula is C12H20N2. The number of hydrogen-bond acceptors (Lipinski definition) is 2. The molecule has 0 aliphatic carbocycles. The highest BCUT2D eigenvalue weighted by molar-refractivity contribution is 5.98. The monoisotopic (exact) mass is 192 g/mol. The number of nitrogens with one attached hydrogen (secondary N) is 1. The average molecular weight is 192 g/mol. The summed E-state index contributed by atoms with van der Waals surface area (Å²) in [6.07, 6.45) is 7.32. The van der Waals surface area contributed by atoms with Crippen LogP contribution in [0.15, 0.2) is 42.0 Å². The van der Waals surface area contributed by atoms with Crippen LogP contribution in [0.1, 0.15) is 20.3 Å². The number of hydrogen-bond donors (Lipinski definition) is 1. The summed E-state index contributed by atoms with van der Waals surface area (Å²) in [5, 5.41) is 3.27. The third-order valence-electron chi connectivity index (χ3n) is 1.82. The molecule has 0 saturated carbocycles. The molecular weight excluding hydrogens is 172 g/mol. The molecule has 1 heterocycles. The lowest BCUT2D eigenvalue weighted by Crippen LogP contribution is -2.24. The molecule has 0 saturated heterocycles. The fourth-order valence-corrected chi connectivity index (χ4v) is 1.19. The standard InChI is InChI=1S/C10H16N2.C2H4/c1-3-9-7-5-6-8-12-10(9)11-4-2;1-2/h5-7H,3-4,8H2,1-2H3,(H,11,12);1-2H2. The van der Waals surface area contributed by atoms with Crippen LogP contribution in [-0.2, 0) is 0 Å². The first-order chi connectivity index (χ1) is 6.88. The smallest absolute Gasteiger partial charge is 0.124 e. The third kappa shape index (κ3) is 4.08. The minimum Gasteiger partial charge on any atom is -0.370 e. The molecule has 0 amide bonds. The zero-order valence-corrected chi connectivity index (χ0v) is 9.21. The van der Waals surface area contributed by atoms with Gasteiger partial charge in [0.05, 0.1) is 6.54 Å². The Bertz CT molecular complexity index is 237. The number of amidine groups is 1. The molecule has 0 unspecified atom stereocenters. The van der Waals surface area contributed by atoms with Crippen molar-refractivity contribution in [2.75, 3.05) is 13.1 Å². The van der Waals surface area contributed by atoms with E-state index < -0.39 is 0 Å². The molecule has 0 bridgehead atoms. The Kier molecular flexibility index (Phi) is 7.52. The van der Waals surface area contributed by atoms with E-state index in [0.29, 0.717) is 0 Å². The first-order valence-corrected chi connectivity index (χ1v) is 5.02. The predicted molar refractivity (Wildman–Crippen MR) is 64.7 cm³/mol. The summed E-state index contributed by atoms with van der Waals surface area (Å²) in [4.78, 5) is 4.42. The highest BCUT2D eigenvalue weighted by Crippen LogP contribution is 2.05. The number of aliphatic imine (C=N–C) groups is 1. The Morgan fingerprint density at radius 2 is 2.14 bits per heavy atom. The van der Waals surface area contributed by atoms with Gasteiger partial charge in [-0.05, 0) is 18.9 Å². The van der Waals surface area contributed by atoms with Crippen molar-refractivity contribution in [2.45, 2.75) is 20.3 Å². The van der Waals surface area contributed by atoms with E-state index in [4.69, 9.17) is 0 Å². The van der Waals surface area contributed by atoms with E-state index in [1.165, 1.54) is 5.57 Å². The minimum atomic E-state index is 0.794. The summed E-state index contributed by atoms with van der Waals surface area (Å²) in [7, 11) is 0. The Labute approximate surface area is 87.1 Å². The Balaban J connectivity index is 0.000000791. The van der Waals surface area contributed by atoms with Crippen LogP contribution in [0.4, 0.5) is 0 Å². The zero-order valence-electron chi connectivity index (χ0n) is 9.21. The van der Waals surface area contributed by atoms with Crippen LogP contribution in [-0.4, -0.2) is 18.9 Å². The SMILES string of the molecule is C=C.CCNC1=NCC=CC=C1CC. The number of rotatable bonds is 2. The molecule has 0 aromatic heterocycles. The van der Waals surface area contributed by atoms with Crippen molar-refractivity contribution >= 4 is 5.84 Å². The van der Waals surface area contributed by atoms with Crippen molar-refractivity contribution in [1.29, 1.82) is 0 Å². The molecule has 0 aromatic rings. The highest BCUT2D eigenvalue weighted by Gasteiger charge is 2.03. The molecule has 2 heteroatoms. The maximum atomic E-state index is 4.42. The summed E-state index contributed by atoms with van der Waals surface area (Å²) < 4.78 is 0. The van der Waals surface area contributed by atoms with Crippen molar-refractivity contribution in [2.24, 2.45) is 4.99 Å². The zero-order chi connectivity index (χ0) is 10.8. The third-order valence-corrected chi connectivity index (χ3v) is 1.82. The summed E-state index contributed by atoms with van der Waals surface area (Å²) in [6, 6.07) is 0. The van der Waals surface area contributed by atoms with Gasteiger partial charge in [0.15, 0.2) is 0 Å². The molecule has 1 rings (SSSR count). The van der Waals surface area contributed by atoms with Gasteiger partial charge >= 0.3 is 0 Å². The lowest BCUT2D eigenvalue weighted by Gasteiger charge is -2.08. The molecule has 14 heavy (non-hydrogen) atoms. The second-order valence-electron chi connectivity index (χ2n) is 2.69. The quantitative estimate of drug-likeness (QED) is 0.668. The molecule has 0 spiro atoms. The Morgan fingerprint density at radius 3 is 2.71 bits per heavy atom. The lowest BCUT2D eigenvalue weighted by molar-refractivity contribution is 0.943. The van der Waals surface area contributed by atoms with Crippen LogP contribution >= 0.6 is 0 Å². The van der Waals surface area contributed by atoms with Crippen molar-refractivity contribution in [3.8, 4) is 0 Å². The van der Waals surface area contributed by atoms with Gasteiger partial charge < -0.3 is 5.32 Å². The second-order valence-corrected chi connectivity index (χ2v) is 2.69. The van der Waals surface area contributed by atoms with Gasteiger partial charge in [-0.25, -0.2) is 0 Å². The molecule has 2 nitrogen and oxygen atoms in total. The molecule has 78 valence electrons. The average Bonchev–Trinajstić information content (AvgIpc) is 2.47. The summed E-state index contributed by atoms with van der Waals surface area (Å²) >= 11 is 0. The largest absolute Gasteiger partial charge is 0.370 e. The van der Waals surface area contributed by atoms with E-state index in [1.807, 2.05) is 0 Å². The first kappa shape index (κ1) is 12.7. The van der Waals surface area contributed by atoms with E-state index in [-0.39, 0.29) is 0 Å². The van der Waals surface area contributed by atoms with Gasteiger partial charge in [-0.2, -0.15) is 0 Å². The first-order valence-electron chi connectivity index (χ1n) is 5.02. The number of allylic oxidation sites excluding steroid dienone is 2. The maximum absolute atomic E-state index is 4.42. The van der Waals surface area contributed by atoms with E-state index in [9.17, 15) is 0 Å². The van der Waals surface area contributed by atoms with Gasteiger partial charge in [-0.1, -0.05) is 25.2 Å². The Morgan fingerprint density at radius 1 is 1.43 bits per heavy atom. The van der Waals surface area contributed by atoms with Gasteiger partial charge in [0.1, 0.15) is 5.84 Å². The van der Waals surface area contributed by atoms with Gasteiger partial charge in [0.25, 0.3) is 0 Å². The van der Waals surface area contributed by atoms with Gasteiger partial charge in [0.2, 0.25) is 0 Å². The number of nitrogens with zero attached hydrogens (tertiary/aromatic N) is 1. The van der Waals surface area contributed by atoms with Gasteiger partial charge in [-0.3, -0.25) is 4.99 Å². The van der Waals surface area contributed by atoms with E-state index in [2.05, 4.69) is 55.5 Å². The second kappa shape index (κ2) is 8.30. The fraction of sp³-hybridized carbons (Fsp3) is 0.417. The van der Waals surface area contributed by atoms with Gasteiger partial charge in [0, 0.05) is 6.54 Å². The van der Waals surface area contributed by atoms with E-state index in [0.717, 1.165) is 25.3 Å². The summed E-state index contributed by atoms with van der Waals surface area (Å²) in [5.41, 5.74) is 1.30. The fourth-order valence-electron chi connectivity index (χ4n) is 1.19. The van der Waals surface area contributed by atoms with Gasteiger partial charge in [-0.15, -0.1) is 13.2 Å². The molecule has 1 aliphatic heterocycles. The molecule has 1 aliphatic rings. The molecule has 0 radical (unpaired) electrons. The van der Waals surface area contributed by atoms with Crippen LogP contribution in [0.2, 0.25) is 0 Å². The maximum Gasteiger partial charge on any atom is 0.124 e. The highest BCUT2D eigenvalue weighted by atomic mass is 15.0. The predicted octanol–water partition coefficient (Wildman–Crippen LogP) is 2.70. The molecule has 0 aromatic carbocycles. The van der Waals surface area contributed by atoms with Crippen LogP contribution in [0, 0.1) is 0 Å². The summed E-state index contributed by atoms with van der Waals surface area (Å²) in [6.45, 7) is 12.0. The van der Waals surface area contributed by atoms with Crippen molar-refractivity contribution < 1.29 is 0 Å². The minimum absolute atomic E-state index is 0.794. The van der Waals surface area contributed by atoms with Crippen LogP contribution in [0.3, 0.4) is 0 Å². The Hall–Kier alpha value is -1.31. The lowest BCUT2D eigenvalue weighted by atomic mass is 10.1. The van der Waals surface area contributed by atoms with Crippen molar-refractivity contribution in [3.63, 3.8) is 0 Å².